The number of hydrogen-bond acceptors (Lipinski definition) is 7. The molecule has 0 unspecified atom stereocenters. The largest absolute Gasteiger partial charge is 0.477 e. The Bertz CT molecular complexity index is 1300. The second-order valence-corrected chi connectivity index (χ2v) is 10.9. The Hall–Kier alpha value is -2.66. The first kappa shape index (κ1) is 21.6. The standard InChI is InChI=1S/C21H16N2O4S4/c24-21(25)19-10-16(11-29-19)28-13-20-22-18(12-30-20)14-6-8-15(9-7-14)23-31(26,27)17-4-2-1-3-5-17/h1-12,23H,13H2,(H,24,25). The lowest BCUT2D eigenvalue weighted by atomic mass is 10.1. The van der Waals surface area contributed by atoms with E-state index in [1.807, 2.05) is 22.9 Å². The number of aromatic carboxylic acids is 1. The highest BCUT2D eigenvalue weighted by Crippen LogP contribution is 2.31. The molecule has 2 heterocycles. The van der Waals surface area contributed by atoms with Gasteiger partial charge in [-0.25, -0.2) is 18.2 Å². The van der Waals surface area contributed by atoms with Crippen molar-refractivity contribution in [3.63, 3.8) is 0 Å². The Labute approximate surface area is 191 Å². The van der Waals surface area contributed by atoms with Gasteiger partial charge in [0.1, 0.15) is 9.88 Å². The molecule has 2 aromatic heterocycles. The van der Waals surface area contributed by atoms with Gasteiger partial charge in [0.2, 0.25) is 0 Å². The third kappa shape index (κ3) is 5.34. The van der Waals surface area contributed by atoms with Crippen LogP contribution in [-0.2, 0) is 15.8 Å². The van der Waals surface area contributed by atoms with Crippen molar-refractivity contribution in [3.05, 3.63) is 81.3 Å². The van der Waals surface area contributed by atoms with Crippen molar-refractivity contribution in [3.8, 4) is 11.3 Å². The van der Waals surface area contributed by atoms with Crippen LogP contribution in [-0.4, -0.2) is 24.5 Å². The zero-order valence-electron chi connectivity index (χ0n) is 15.9. The summed E-state index contributed by atoms with van der Waals surface area (Å²) in [7, 11) is -3.63. The Balaban J connectivity index is 1.40. The lowest BCUT2D eigenvalue weighted by Crippen LogP contribution is -2.12. The first-order valence-electron chi connectivity index (χ1n) is 8.98. The van der Waals surface area contributed by atoms with Crippen LogP contribution in [0.3, 0.4) is 0 Å². The van der Waals surface area contributed by atoms with Crippen molar-refractivity contribution >= 4 is 56.1 Å². The van der Waals surface area contributed by atoms with Crippen molar-refractivity contribution in [1.82, 2.24) is 4.98 Å². The molecule has 31 heavy (non-hydrogen) atoms. The van der Waals surface area contributed by atoms with E-state index < -0.39 is 16.0 Å². The molecule has 0 fully saturated rings. The highest BCUT2D eigenvalue weighted by molar-refractivity contribution is 7.98. The predicted molar refractivity (Wildman–Crippen MR) is 126 cm³/mol. The number of anilines is 1. The van der Waals surface area contributed by atoms with E-state index in [0.717, 1.165) is 21.2 Å². The molecule has 0 aliphatic heterocycles. The summed E-state index contributed by atoms with van der Waals surface area (Å²) in [6, 6.07) is 17.0. The van der Waals surface area contributed by atoms with Crippen LogP contribution in [0.25, 0.3) is 11.3 Å². The minimum Gasteiger partial charge on any atom is -0.477 e. The number of thiazole rings is 1. The number of aromatic nitrogens is 1. The molecule has 0 saturated carbocycles. The van der Waals surface area contributed by atoms with Crippen LogP contribution >= 0.6 is 34.4 Å². The molecule has 0 saturated heterocycles. The summed E-state index contributed by atoms with van der Waals surface area (Å²) in [6.07, 6.45) is 0. The molecular formula is C21H16N2O4S4. The van der Waals surface area contributed by atoms with Gasteiger partial charge in [0.15, 0.2) is 0 Å². The monoisotopic (exact) mass is 488 g/mol. The smallest absolute Gasteiger partial charge is 0.345 e. The number of carboxylic acids is 1. The van der Waals surface area contributed by atoms with Crippen LogP contribution in [0.5, 0.6) is 0 Å². The van der Waals surface area contributed by atoms with Gasteiger partial charge < -0.3 is 5.11 Å². The average molecular weight is 489 g/mol. The Morgan fingerprint density at radius 1 is 1.03 bits per heavy atom. The number of rotatable bonds is 8. The molecule has 2 N–H and O–H groups in total. The maximum absolute atomic E-state index is 12.4. The van der Waals surface area contributed by atoms with E-state index in [-0.39, 0.29) is 4.90 Å². The molecule has 0 radical (unpaired) electrons. The second-order valence-electron chi connectivity index (χ2n) is 6.36. The highest BCUT2D eigenvalue weighted by Gasteiger charge is 2.14. The predicted octanol–water partition coefficient (Wildman–Crippen LogP) is 5.66. The Kier molecular flexibility index (Phi) is 6.42. The lowest BCUT2D eigenvalue weighted by Gasteiger charge is -2.08. The minimum absolute atomic E-state index is 0.210. The molecular weight excluding hydrogens is 473 g/mol. The molecule has 0 aliphatic carbocycles. The van der Waals surface area contributed by atoms with Crippen molar-refractivity contribution < 1.29 is 18.3 Å². The lowest BCUT2D eigenvalue weighted by molar-refractivity contribution is 0.0702. The summed E-state index contributed by atoms with van der Waals surface area (Å²) in [5, 5.41) is 13.7. The Morgan fingerprint density at radius 3 is 2.45 bits per heavy atom. The molecule has 10 heteroatoms. The first-order chi connectivity index (χ1) is 14.9. The zero-order valence-corrected chi connectivity index (χ0v) is 19.2. The summed E-state index contributed by atoms with van der Waals surface area (Å²) in [5.41, 5.74) is 2.18. The van der Waals surface area contributed by atoms with Gasteiger partial charge >= 0.3 is 5.97 Å². The third-order valence-corrected chi connectivity index (χ3v) is 8.67. The van der Waals surface area contributed by atoms with Gasteiger partial charge in [-0.05, 0) is 30.3 Å². The van der Waals surface area contributed by atoms with Gasteiger partial charge in [-0.15, -0.1) is 34.4 Å². The number of sulfonamides is 1. The quantitative estimate of drug-likeness (QED) is 0.311. The minimum atomic E-state index is -3.63. The van der Waals surface area contributed by atoms with E-state index in [1.54, 1.807) is 60.3 Å². The van der Waals surface area contributed by atoms with E-state index in [9.17, 15) is 13.2 Å². The average Bonchev–Trinajstić information content (AvgIpc) is 3.43. The molecule has 4 rings (SSSR count). The number of nitrogens with zero attached hydrogens (tertiary/aromatic N) is 1. The van der Waals surface area contributed by atoms with E-state index >= 15 is 0 Å². The van der Waals surface area contributed by atoms with Crippen molar-refractivity contribution in [2.24, 2.45) is 0 Å². The van der Waals surface area contributed by atoms with Crippen molar-refractivity contribution in [1.29, 1.82) is 0 Å². The summed E-state index contributed by atoms with van der Waals surface area (Å²) >= 11 is 4.29. The fourth-order valence-electron chi connectivity index (χ4n) is 2.68. The molecule has 2 aromatic carbocycles. The normalized spacial score (nSPS) is 11.4. The maximum atomic E-state index is 12.4. The van der Waals surface area contributed by atoms with Gasteiger partial charge in [0.05, 0.1) is 16.3 Å². The molecule has 6 nitrogen and oxygen atoms in total. The van der Waals surface area contributed by atoms with E-state index in [2.05, 4.69) is 9.71 Å². The first-order valence-corrected chi connectivity index (χ1v) is 13.2. The number of thioether (sulfide) groups is 1. The molecule has 0 bridgehead atoms. The van der Waals surface area contributed by atoms with Gasteiger partial charge in [0.25, 0.3) is 10.0 Å². The van der Waals surface area contributed by atoms with Crippen LogP contribution in [0.2, 0.25) is 0 Å². The van der Waals surface area contributed by atoms with Gasteiger partial charge in [-0.1, -0.05) is 30.3 Å². The fraction of sp³-hybridized carbons (Fsp3) is 0.0476. The molecule has 4 aromatic rings. The summed E-state index contributed by atoms with van der Waals surface area (Å²) < 4.78 is 27.4. The van der Waals surface area contributed by atoms with Crippen LogP contribution in [0.15, 0.2) is 81.2 Å². The zero-order chi connectivity index (χ0) is 21.8. The van der Waals surface area contributed by atoms with E-state index in [0.29, 0.717) is 16.3 Å². The second kappa shape index (κ2) is 9.23. The van der Waals surface area contributed by atoms with E-state index in [4.69, 9.17) is 5.11 Å². The topological polar surface area (TPSA) is 96.4 Å². The van der Waals surface area contributed by atoms with Gasteiger partial charge in [-0.3, -0.25) is 4.72 Å². The molecule has 0 aliphatic rings. The number of hydrogen-bond donors (Lipinski definition) is 2. The maximum Gasteiger partial charge on any atom is 0.345 e. The number of carboxylic acid groups (broad SMARTS) is 1. The molecule has 0 amide bonds. The number of nitrogens with one attached hydrogen (secondary N) is 1. The van der Waals surface area contributed by atoms with Crippen LogP contribution in [0.4, 0.5) is 5.69 Å². The van der Waals surface area contributed by atoms with Crippen molar-refractivity contribution in [2.45, 2.75) is 15.5 Å². The fourth-order valence-corrected chi connectivity index (χ4v) is 6.45. The SMILES string of the molecule is O=C(O)c1cc(SCc2nc(-c3ccc(NS(=O)(=O)c4ccccc4)cc3)cs2)cs1. The molecule has 0 spiro atoms. The summed E-state index contributed by atoms with van der Waals surface area (Å²) in [4.78, 5) is 17.1. The van der Waals surface area contributed by atoms with E-state index in [1.165, 1.54) is 22.7 Å². The van der Waals surface area contributed by atoms with Gasteiger partial charge in [0, 0.05) is 26.9 Å². The number of carbonyl (C=O) groups is 1. The van der Waals surface area contributed by atoms with Crippen molar-refractivity contribution in [2.75, 3.05) is 4.72 Å². The number of thiophene rings is 1. The Morgan fingerprint density at radius 2 is 1.77 bits per heavy atom. The summed E-state index contributed by atoms with van der Waals surface area (Å²) in [5.74, 6) is -0.266. The number of benzene rings is 2. The molecule has 158 valence electrons. The highest BCUT2D eigenvalue weighted by atomic mass is 32.2. The molecule has 0 atom stereocenters. The van der Waals surface area contributed by atoms with Crippen LogP contribution in [0.1, 0.15) is 14.7 Å². The van der Waals surface area contributed by atoms with Crippen LogP contribution in [0, 0.1) is 0 Å². The summed E-state index contributed by atoms with van der Waals surface area (Å²) in [6.45, 7) is 0. The van der Waals surface area contributed by atoms with Crippen LogP contribution < -0.4 is 4.72 Å². The van der Waals surface area contributed by atoms with Gasteiger partial charge in [-0.2, -0.15) is 0 Å². The third-order valence-electron chi connectivity index (χ3n) is 4.19.